The molecule has 0 aliphatic heterocycles. The van der Waals surface area contributed by atoms with Crippen molar-refractivity contribution < 1.29 is 0 Å². The van der Waals surface area contributed by atoms with Crippen molar-refractivity contribution in [3.05, 3.63) is 42.5 Å². The molecule has 1 aliphatic rings. The van der Waals surface area contributed by atoms with E-state index in [-0.39, 0.29) is 0 Å². The van der Waals surface area contributed by atoms with E-state index in [1.54, 1.807) is 0 Å². The third kappa shape index (κ3) is 2.04. The molecule has 1 fully saturated rings. The van der Waals surface area contributed by atoms with Gasteiger partial charge in [-0.25, -0.2) is 0 Å². The first kappa shape index (κ1) is 12.4. The van der Waals surface area contributed by atoms with Crippen LogP contribution < -0.4 is 5.32 Å². The maximum atomic E-state index is 4.16. The Bertz CT molecular complexity index is 400. The molecule has 2 rings (SSSR count). The molecule has 1 aromatic rings. The Morgan fingerprint density at radius 2 is 1.65 bits per heavy atom. The lowest BCUT2D eigenvalue weighted by atomic mass is 10.0. The first-order valence-corrected chi connectivity index (χ1v) is 6.34. The van der Waals surface area contributed by atoms with E-state index < -0.39 is 0 Å². The van der Waals surface area contributed by atoms with Gasteiger partial charge in [0.2, 0.25) is 0 Å². The van der Waals surface area contributed by atoms with Gasteiger partial charge < -0.3 is 5.32 Å². The predicted molar refractivity (Wildman–Crippen MR) is 74.8 cm³/mol. The van der Waals surface area contributed by atoms with Gasteiger partial charge >= 0.3 is 0 Å². The van der Waals surface area contributed by atoms with E-state index >= 15 is 0 Å². The van der Waals surface area contributed by atoms with E-state index in [4.69, 9.17) is 0 Å². The fraction of sp³-hybridized carbons (Fsp3) is 0.500. The highest BCUT2D eigenvalue weighted by molar-refractivity contribution is 5.64. The quantitative estimate of drug-likeness (QED) is 0.829. The van der Waals surface area contributed by atoms with Crippen LogP contribution in [0.4, 0.5) is 0 Å². The summed E-state index contributed by atoms with van der Waals surface area (Å²) in [5.74, 6) is 0. The van der Waals surface area contributed by atoms with Crippen LogP contribution in [0, 0.1) is 10.8 Å². The molecule has 0 bridgehead atoms. The van der Waals surface area contributed by atoms with E-state index in [9.17, 15) is 0 Å². The molecule has 0 heterocycles. The summed E-state index contributed by atoms with van der Waals surface area (Å²) >= 11 is 0. The van der Waals surface area contributed by atoms with E-state index in [0.717, 1.165) is 6.54 Å². The number of hydrogen-bond donors (Lipinski definition) is 1. The van der Waals surface area contributed by atoms with Crippen LogP contribution in [0.5, 0.6) is 0 Å². The minimum atomic E-state index is 0.393. The van der Waals surface area contributed by atoms with Gasteiger partial charge in [0.15, 0.2) is 0 Å². The van der Waals surface area contributed by atoms with Gasteiger partial charge in [-0.05, 0) is 22.0 Å². The zero-order valence-electron chi connectivity index (χ0n) is 11.4. The normalized spacial score (nSPS) is 21.2. The Balaban J connectivity index is 1.91. The Hall–Kier alpha value is -1.08. The Morgan fingerprint density at radius 3 is 2.12 bits per heavy atom. The van der Waals surface area contributed by atoms with Crippen LogP contribution in [0.25, 0.3) is 5.57 Å². The second-order valence-electron chi connectivity index (χ2n) is 6.23. The summed E-state index contributed by atoms with van der Waals surface area (Å²) in [5.41, 5.74) is 3.19. The highest BCUT2D eigenvalue weighted by Crippen LogP contribution is 2.62. The van der Waals surface area contributed by atoms with Gasteiger partial charge in [-0.1, -0.05) is 64.6 Å². The highest BCUT2D eigenvalue weighted by atomic mass is 15.0. The number of benzene rings is 1. The molecular formula is C16H23N. The Labute approximate surface area is 105 Å². The lowest BCUT2D eigenvalue weighted by Gasteiger charge is -2.09. The van der Waals surface area contributed by atoms with Crippen molar-refractivity contribution in [1.82, 2.24) is 5.32 Å². The molecule has 0 radical (unpaired) electrons. The van der Waals surface area contributed by atoms with Crippen LogP contribution in [-0.2, 0) is 0 Å². The average Bonchev–Trinajstić information content (AvgIpc) is 2.68. The van der Waals surface area contributed by atoms with Crippen molar-refractivity contribution in [2.75, 3.05) is 6.54 Å². The number of rotatable bonds is 4. The van der Waals surface area contributed by atoms with E-state index in [1.807, 2.05) is 6.07 Å². The van der Waals surface area contributed by atoms with Crippen LogP contribution in [0.15, 0.2) is 36.9 Å². The zero-order chi connectivity index (χ0) is 12.7. The molecule has 0 unspecified atom stereocenters. The Kier molecular flexibility index (Phi) is 2.90. The smallest absolute Gasteiger partial charge is 0.0208 e. The van der Waals surface area contributed by atoms with Crippen LogP contribution in [0.2, 0.25) is 0 Å². The second-order valence-corrected chi connectivity index (χ2v) is 6.23. The fourth-order valence-electron chi connectivity index (χ4n) is 2.71. The molecule has 1 aromatic carbocycles. The average molecular weight is 229 g/mol. The van der Waals surface area contributed by atoms with Crippen molar-refractivity contribution in [2.45, 2.75) is 33.7 Å². The van der Waals surface area contributed by atoms with Crippen molar-refractivity contribution in [1.29, 1.82) is 0 Å². The summed E-state index contributed by atoms with van der Waals surface area (Å²) in [6.45, 7) is 14.4. The van der Waals surface area contributed by atoms with Gasteiger partial charge in [-0.2, -0.15) is 0 Å². The van der Waals surface area contributed by atoms with Crippen LogP contribution in [-0.4, -0.2) is 12.6 Å². The highest BCUT2D eigenvalue weighted by Gasteiger charge is 2.64. The van der Waals surface area contributed by atoms with Crippen molar-refractivity contribution in [3.63, 3.8) is 0 Å². The Morgan fingerprint density at radius 1 is 1.12 bits per heavy atom. The summed E-state index contributed by atoms with van der Waals surface area (Å²) in [6.07, 6.45) is 0. The summed E-state index contributed by atoms with van der Waals surface area (Å²) < 4.78 is 0. The van der Waals surface area contributed by atoms with Crippen LogP contribution >= 0.6 is 0 Å². The van der Waals surface area contributed by atoms with Crippen LogP contribution in [0.3, 0.4) is 0 Å². The topological polar surface area (TPSA) is 12.0 Å². The maximum Gasteiger partial charge on any atom is 0.0208 e. The second kappa shape index (κ2) is 3.99. The van der Waals surface area contributed by atoms with E-state index in [0.29, 0.717) is 16.9 Å². The lowest BCUT2D eigenvalue weighted by molar-refractivity contribution is 0.457. The third-order valence-corrected chi connectivity index (χ3v) is 4.72. The van der Waals surface area contributed by atoms with E-state index in [1.165, 1.54) is 11.1 Å². The molecule has 1 saturated carbocycles. The number of nitrogens with one attached hydrogen (secondary N) is 1. The summed E-state index contributed by atoms with van der Waals surface area (Å²) in [5, 5.41) is 3.64. The van der Waals surface area contributed by atoms with Gasteiger partial charge in [0, 0.05) is 12.6 Å². The molecular weight excluding hydrogens is 206 g/mol. The molecule has 0 amide bonds. The van der Waals surface area contributed by atoms with E-state index in [2.05, 4.69) is 63.9 Å². The summed E-state index contributed by atoms with van der Waals surface area (Å²) in [7, 11) is 0. The lowest BCUT2D eigenvalue weighted by Crippen LogP contribution is -2.24. The van der Waals surface area contributed by atoms with Gasteiger partial charge in [0.05, 0.1) is 0 Å². The first-order valence-electron chi connectivity index (χ1n) is 6.34. The summed E-state index contributed by atoms with van der Waals surface area (Å²) in [4.78, 5) is 0. The fourth-order valence-corrected chi connectivity index (χ4v) is 2.71. The van der Waals surface area contributed by atoms with Crippen molar-refractivity contribution >= 4 is 5.57 Å². The van der Waals surface area contributed by atoms with Gasteiger partial charge in [0.1, 0.15) is 0 Å². The third-order valence-electron chi connectivity index (χ3n) is 4.72. The number of hydrogen-bond acceptors (Lipinski definition) is 1. The monoisotopic (exact) mass is 229 g/mol. The zero-order valence-corrected chi connectivity index (χ0v) is 11.4. The molecule has 0 aromatic heterocycles. The largest absolute Gasteiger partial charge is 0.309 e. The minimum absolute atomic E-state index is 0.393. The molecule has 92 valence electrons. The predicted octanol–water partition coefficient (Wildman–Crippen LogP) is 3.72. The molecule has 0 spiro atoms. The molecule has 17 heavy (non-hydrogen) atoms. The molecule has 0 saturated heterocycles. The van der Waals surface area contributed by atoms with Crippen LogP contribution in [0.1, 0.15) is 33.3 Å². The summed E-state index contributed by atoms with van der Waals surface area (Å²) in [6, 6.07) is 11.0. The molecule has 1 N–H and O–H groups in total. The standard InChI is InChI=1S/C16H23N/c1-12(13-9-7-6-8-10-13)11-17-14-15(2,3)16(14,4)5/h6-10,14,17H,1,11H2,2-5H3. The minimum Gasteiger partial charge on any atom is -0.309 e. The van der Waals surface area contributed by atoms with Crippen molar-refractivity contribution in [3.8, 4) is 0 Å². The van der Waals surface area contributed by atoms with Gasteiger partial charge in [-0.3, -0.25) is 0 Å². The maximum absolute atomic E-state index is 4.16. The molecule has 1 nitrogen and oxygen atoms in total. The first-order chi connectivity index (χ1) is 7.87. The SMILES string of the molecule is C=C(CNC1C(C)(C)C1(C)C)c1ccccc1. The molecule has 0 atom stereocenters. The van der Waals surface area contributed by atoms with Gasteiger partial charge in [-0.15, -0.1) is 0 Å². The molecule has 1 heteroatoms. The molecule has 1 aliphatic carbocycles. The van der Waals surface area contributed by atoms with Gasteiger partial charge in [0.25, 0.3) is 0 Å². The van der Waals surface area contributed by atoms with Crippen molar-refractivity contribution in [2.24, 2.45) is 10.8 Å².